The Hall–Kier alpha value is -1.26. The first-order valence-electron chi connectivity index (χ1n) is 7.77. The van der Waals surface area contributed by atoms with E-state index in [0.29, 0.717) is 12.5 Å². The summed E-state index contributed by atoms with van der Waals surface area (Å²) >= 11 is 0. The van der Waals surface area contributed by atoms with Gasteiger partial charge in [-0.1, -0.05) is 19.8 Å². The number of nitrogens with one attached hydrogen (secondary N) is 2. The molecule has 0 aromatic carbocycles. The number of carbonyl (C=O) groups excluding carboxylic acids is 1. The second kappa shape index (κ2) is 6.46. The van der Waals surface area contributed by atoms with Gasteiger partial charge in [-0.3, -0.25) is 4.79 Å². The van der Waals surface area contributed by atoms with Gasteiger partial charge in [0.2, 0.25) is 0 Å². The lowest BCUT2D eigenvalue weighted by Crippen LogP contribution is -2.57. The number of carbonyl (C=O) groups is 2. The fraction of sp³-hybridized carbons (Fsp3) is 0.867. The summed E-state index contributed by atoms with van der Waals surface area (Å²) < 4.78 is 0. The molecule has 0 aliphatic heterocycles. The molecule has 2 atom stereocenters. The van der Waals surface area contributed by atoms with Crippen molar-refractivity contribution in [1.82, 2.24) is 10.6 Å². The quantitative estimate of drug-likeness (QED) is 0.725. The minimum Gasteiger partial charge on any atom is -0.481 e. The highest BCUT2D eigenvalue weighted by Crippen LogP contribution is 2.34. The maximum absolute atomic E-state index is 11.9. The molecule has 20 heavy (non-hydrogen) atoms. The molecule has 5 heteroatoms. The van der Waals surface area contributed by atoms with E-state index < -0.39 is 11.5 Å². The molecule has 0 spiro atoms. The van der Waals surface area contributed by atoms with E-state index in [1.807, 2.05) is 0 Å². The third-order valence-electron chi connectivity index (χ3n) is 4.78. The van der Waals surface area contributed by atoms with Gasteiger partial charge in [-0.25, -0.2) is 4.79 Å². The highest BCUT2D eigenvalue weighted by Gasteiger charge is 2.40. The maximum atomic E-state index is 11.9. The van der Waals surface area contributed by atoms with Gasteiger partial charge in [-0.15, -0.1) is 0 Å². The molecule has 0 aromatic rings. The van der Waals surface area contributed by atoms with Gasteiger partial charge in [0.15, 0.2) is 0 Å². The van der Waals surface area contributed by atoms with Crippen molar-refractivity contribution in [3.8, 4) is 0 Å². The molecule has 5 nitrogen and oxygen atoms in total. The minimum atomic E-state index is -0.842. The minimum absolute atomic E-state index is 0.0287. The molecule has 3 N–H and O–H groups in total. The Labute approximate surface area is 120 Å². The molecule has 0 heterocycles. The molecular formula is C15H26N2O3. The Morgan fingerprint density at radius 1 is 1.25 bits per heavy atom. The van der Waals surface area contributed by atoms with Crippen molar-refractivity contribution in [2.45, 2.75) is 63.8 Å². The normalized spacial score (nSPS) is 28.2. The summed E-state index contributed by atoms with van der Waals surface area (Å²) in [5.74, 6) is 0.482. The lowest BCUT2D eigenvalue weighted by Gasteiger charge is -2.41. The van der Waals surface area contributed by atoms with Gasteiger partial charge >= 0.3 is 12.0 Å². The lowest BCUT2D eigenvalue weighted by molar-refractivity contribution is -0.139. The number of aliphatic carboxylic acids is 1. The van der Waals surface area contributed by atoms with Crippen molar-refractivity contribution in [1.29, 1.82) is 0 Å². The Kier molecular flexibility index (Phi) is 4.89. The van der Waals surface area contributed by atoms with E-state index in [2.05, 4.69) is 17.6 Å². The molecule has 2 amide bonds. The van der Waals surface area contributed by atoms with Gasteiger partial charge in [-0.05, 0) is 43.9 Å². The van der Waals surface area contributed by atoms with Gasteiger partial charge in [0.05, 0.1) is 12.0 Å². The Bertz CT molecular complexity index is 366. The van der Waals surface area contributed by atoms with Crippen LogP contribution in [0.4, 0.5) is 4.79 Å². The summed E-state index contributed by atoms with van der Waals surface area (Å²) in [5, 5.41) is 14.7. The Balaban J connectivity index is 1.73. The Morgan fingerprint density at radius 2 is 2.00 bits per heavy atom. The van der Waals surface area contributed by atoms with E-state index in [4.69, 9.17) is 5.11 Å². The molecule has 2 unspecified atom stereocenters. The molecule has 2 fully saturated rings. The third-order valence-corrected chi connectivity index (χ3v) is 4.78. The highest BCUT2D eigenvalue weighted by molar-refractivity contribution is 5.77. The molecule has 2 aliphatic rings. The number of rotatable bonds is 5. The van der Waals surface area contributed by atoms with Crippen LogP contribution in [0.15, 0.2) is 0 Å². The van der Waals surface area contributed by atoms with Crippen LogP contribution >= 0.6 is 0 Å². The predicted molar refractivity (Wildman–Crippen MR) is 76.5 cm³/mol. The average molecular weight is 282 g/mol. The van der Waals surface area contributed by atoms with Crippen molar-refractivity contribution in [3.05, 3.63) is 0 Å². The maximum Gasteiger partial charge on any atom is 0.315 e. The topological polar surface area (TPSA) is 78.4 Å². The van der Waals surface area contributed by atoms with E-state index in [9.17, 15) is 9.59 Å². The molecule has 2 rings (SSSR count). The predicted octanol–water partition coefficient (Wildman–Crippen LogP) is 2.51. The SMILES string of the molecule is CC1CCCC(CNC(=O)NC2(CC(=O)O)CCC2)C1. The standard InChI is InChI=1S/C15H26N2O3/c1-11-4-2-5-12(8-11)10-16-14(20)17-15(6-3-7-15)9-13(18)19/h11-12H,2-10H2,1H3,(H,18,19)(H2,16,17,20). The molecule has 0 bridgehead atoms. The van der Waals surface area contributed by atoms with Crippen molar-refractivity contribution in [3.63, 3.8) is 0 Å². The molecular weight excluding hydrogens is 256 g/mol. The van der Waals surface area contributed by atoms with Crippen LogP contribution in [0.25, 0.3) is 0 Å². The van der Waals surface area contributed by atoms with Crippen LogP contribution in [0.5, 0.6) is 0 Å². The smallest absolute Gasteiger partial charge is 0.315 e. The van der Waals surface area contributed by atoms with E-state index >= 15 is 0 Å². The number of amides is 2. The van der Waals surface area contributed by atoms with Crippen LogP contribution in [0.1, 0.15) is 58.3 Å². The monoisotopic (exact) mass is 282 g/mol. The van der Waals surface area contributed by atoms with Crippen LogP contribution in [0.3, 0.4) is 0 Å². The fourth-order valence-corrected chi connectivity index (χ4v) is 3.51. The molecule has 2 aliphatic carbocycles. The zero-order valence-electron chi connectivity index (χ0n) is 12.3. The second-order valence-electron chi connectivity index (χ2n) is 6.68. The Morgan fingerprint density at radius 3 is 2.55 bits per heavy atom. The number of hydrogen-bond donors (Lipinski definition) is 3. The van der Waals surface area contributed by atoms with Crippen LogP contribution in [0, 0.1) is 11.8 Å². The zero-order chi connectivity index (χ0) is 14.6. The van der Waals surface area contributed by atoms with Gasteiger partial charge in [-0.2, -0.15) is 0 Å². The molecule has 0 radical (unpaired) electrons. The van der Waals surface area contributed by atoms with E-state index in [0.717, 1.165) is 25.2 Å². The summed E-state index contributed by atoms with van der Waals surface area (Å²) in [6.45, 7) is 2.97. The van der Waals surface area contributed by atoms with Crippen LogP contribution in [-0.4, -0.2) is 29.2 Å². The number of carboxylic acids is 1. The van der Waals surface area contributed by atoms with Gasteiger partial charge in [0.25, 0.3) is 0 Å². The van der Waals surface area contributed by atoms with Crippen molar-refractivity contribution < 1.29 is 14.7 Å². The molecule has 2 saturated carbocycles. The van der Waals surface area contributed by atoms with E-state index in [1.165, 1.54) is 25.7 Å². The van der Waals surface area contributed by atoms with Crippen molar-refractivity contribution in [2.75, 3.05) is 6.54 Å². The van der Waals surface area contributed by atoms with Gasteiger partial charge < -0.3 is 15.7 Å². The van der Waals surface area contributed by atoms with Gasteiger partial charge in [0.1, 0.15) is 0 Å². The van der Waals surface area contributed by atoms with Crippen LogP contribution < -0.4 is 10.6 Å². The fourth-order valence-electron chi connectivity index (χ4n) is 3.51. The molecule has 0 saturated heterocycles. The average Bonchev–Trinajstić information content (AvgIpc) is 2.33. The lowest BCUT2D eigenvalue weighted by atomic mass is 9.74. The van der Waals surface area contributed by atoms with Crippen molar-refractivity contribution >= 4 is 12.0 Å². The van der Waals surface area contributed by atoms with Crippen LogP contribution in [0.2, 0.25) is 0 Å². The zero-order valence-corrected chi connectivity index (χ0v) is 12.3. The first kappa shape index (κ1) is 15.1. The van der Waals surface area contributed by atoms with Crippen molar-refractivity contribution in [2.24, 2.45) is 11.8 Å². The summed E-state index contributed by atoms with van der Waals surface area (Å²) in [5.41, 5.74) is -0.504. The van der Waals surface area contributed by atoms with Gasteiger partial charge in [0, 0.05) is 6.54 Å². The molecule has 0 aromatic heterocycles. The van der Waals surface area contributed by atoms with Crippen LogP contribution in [-0.2, 0) is 4.79 Å². The number of carboxylic acid groups (broad SMARTS) is 1. The first-order chi connectivity index (χ1) is 9.49. The summed E-state index contributed by atoms with van der Waals surface area (Å²) in [6.07, 6.45) is 7.48. The molecule has 114 valence electrons. The number of urea groups is 1. The highest BCUT2D eigenvalue weighted by atomic mass is 16.4. The summed E-state index contributed by atoms with van der Waals surface area (Å²) in [4.78, 5) is 22.8. The number of hydrogen-bond acceptors (Lipinski definition) is 2. The van der Waals surface area contributed by atoms with E-state index in [1.54, 1.807) is 0 Å². The summed E-state index contributed by atoms with van der Waals surface area (Å²) in [6, 6.07) is -0.204. The summed E-state index contributed by atoms with van der Waals surface area (Å²) in [7, 11) is 0. The second-order valence-corrected chi connectivity index (χ2v) is 6.68. The third kappa shape index (κ3) is 4.12. The largest absolute Gasteiger partial charge is 0.481 e. The first-order valence-corrected chi connectivity index (χ1v) is 7.77. The van der Waals surface area contributed by atoms with E-state index in [-0.39, 0.29) is 12.5 Å².